The van der Waals surface area contributed by atoms with Crippen molar-refractivity contribution in [2.75, 3.05) is 0 Å². The minimum Gasteiger partial charge on any atom is -0.456 e. The van der Waals surface area contributed by atoms with Gasteiger partial charge in [0.1, 0.15) is 18.2 Å². The molecule has 2 nitrogen and oxygen atoms in total. The van der Waals surface area contributed by atoms with E-state index in [2.05, 4.69) is 105 Å². The van der Waals surface area contributed by atoms with Crippen LogP contribution in [0.15, 0.2) is 77.2 Å². The Morgan fingerprint density at radius 3 is 2.42 bits per heavy atom. The van der Waals surface area contributed by atoms with Crippen LogP contribution in [0.3, 0.4) is 0 Å². The first kappa shape index (κ1) is 18.1. The standard InChI is InChI=1S/C29H24NO/c1-17-8-7-11-24-27(17)18(2)16-25(30(24)4)21-13-14-23-28-22-10-6-5-9-20(22)12-15-26(28)31-29(23)19(21)3/h5-16H,1-4H3/q+1. The minimum atomic E-state index is 0.948. The molecule has 0 spiro atoms. The third-order valence-electron chi connectivity index (χ3n) is 6.78. The number of furan rings is 1. The highest BCUT2D eigenvalue weighted by Crippen LogP contribution is 2.39. The lowest BCUT2D eigenvalue weighted by atomic mass is 9.96. The van der Waals surface area contributed by atoms with Crippen molar-refractivity contribution >= 4 is 43.6 Å². The van der Waals surface area contributed by atoms with E-state index < -0.39 is 0 Å². The van der Waals surface area contributed by atoms with Crippen molar-refractivity contribution in [1.29, 1.82) is 0 Å². The lowest BCUT2D eigenvalue weighted by Gasteiger charge is -2.10. The van der Waals surface area contributed by atoms with Crippen molar-refractivity contribution in [1.82, 2.24) is 0 Å². The molecule has 6 aromatic rings. The summed E-state index contributed by atoms with van der Waals surface area (Å²) in [6.45, 7) is 6.57. The van der Waals surface area contributed by atoms with E-state index in [4.69, 9.17) is 4.42 Å². The summed E-state index contributed by atoms with van der Waals surface area (Å²) in [7, 11) is 2.16. The minimum absolute atomic E-state index is 0.948. The number of aromatic nitrogens is 1. The van der Waals surface area contributed by atoms with Gasteiger partial charge < -0.3 is 4.42 Å². The van der Waals surface area contributed by atoms with Gasteiger partial charge in [-0.2, -0.15) is 4.57 Å². The summed E-state index contributed by atoms with van der Waals surface area (Å²) < 4.78 is 8.73. The van der Waals surface area contributed by atoms with Crippen LogP contribution in [0, 0.1) is 20.8 Å². The number of hydrogen-bond donors (Lipinski definition) is 0. The zero-order chi connectivity index (χ0) is 21.3. The Labute approximate surface area is 181 Å². The van der Waals surface area contributed by atoms with Crippen LogP contribution in [0.5, 0.6) is 0 Å². The molecule has 2 aromatic heterocycles. The monoisotopic (exact) mass is 402 g/mol. The lowest BCUT2D eigenvalue weighted by Crippen LogP contribution is -2.32. The molecule has 2 heteroatoms. The van der Waals surface area contributed by atoms with Gasteiger partial charge in [0.15, 0.2) is 0 Å². The number of nitrogens with zero attached hydrogens (tertiary/aromatic N) is 1. The van der Waals surface area contributed by atoms with Crippen LogP contribution in [-0.4, -0.2) is 0 Å². The van der Waals surface area contributed by atoms with Crippen LogP contribution in [-0.2, 0) is 7.05 Å². The third-order valence-corrected chi connectivity index (χ3v) is 6.78. The van der Waals surface area contributed by atoms with Crippen molar-refractivity contribution in [3.05, 3.63) is 89.5 Å². The fourth-order valence-corrected chi connectivity index (χ4v) is 5.23. The smallest absolute Gasteiger partial charge is 0.213 e. The molecule has 0 unspecified atom stereocenters. The van der Waals surface area contributed by atoms with Gasteiger partial charge >= 0.3 is 0 Å². The maximum atomic E-state index is 6.42. The van der Waals surface area contributed by atoms with Gasteiger partial charge in [-0.15, -0.1) is 0 Å². The van der Waals surface area contributed by atoms with Gasteiger partial charge in [-0.05, 0) is 60.9 Å². The Kier molecular flexibility index (Phi) is 3.76. The number of hydrogen-bond acceptors (Lipinski definition) is 1. The molecule has 0 radical (unpaired) electrons. The van der Waals surface area contributed by atoms with Crippen molar-refractivity contribution in [2.24, 2.45) is 7.05 Å². The fourth-order valence-electron chi connectivity index (χ4n) is 5.23. The molecule has 0 amide bonds. The Morgan fingerprint density at radius 2 is 1.55 bits per heavy atom. The van der Waals surface area contributed by atoms with E-state index in [1.54, 1.807) is 0 Å². The molecular formula is C29H24NO+. The van der Waals surface area contributed by atoms with Gasteiger partial charge in [-0.25, -0.2) is 0 Å². The molecule has 2 heterocycles. The summed E-state index contributed by atoms with van der Waals surface area (Å²) in [5, 5.41) is 6.21. The molecule has 0 fully saturated rings. The van der Waals surface area contributed by atoms with Crippen LogP contribution >= 0.6 is 0 Å². The number of benzene rings is 4. The number of fused-ring (bicyclic) bond motifs is 6. The first-order chi connectivity index (χ1) is 15.0. The average Bonchev–Trinajstić information content (AvgIpc) is 3.17. The first-order valence-electron chi connectivity index (χ1n) is 10.8. The van der Waals surface area contributed by atoms with Gasteiger partial charge in [-0.1, -0.05) is 42.5 Å². The van der Waals surface area contributed by atoms with Crippen LogP contribution in [0.1, 0.15) is 16.7 Å². The maximum Gasteiger partial charge on any atom is 0.213 e. The molecule has 0 saturated carbocycles. The molecule has 6 rings (SSSR count). The van der Waals surface area contributed by atoms with Gasteiger partial charge in [0.2, 0.25) is 11.2 Å². The lowest BCUT2D eigenvalue weighted by molar-refractivity contribution is -0.633. The van der Waals surface area contributed by atoms with Gasteiger partial charge in [0.25, 0.3) is 0 Å². The fraction of sp³-hybridized carbons (Fsp3) is 0.138. The summed E-state index contributed by atoms with van der Waals surface area (Å²) in [5.41, 5.74) is 9.40. The van der Waals surface area contributed by atoms with Crippen LogP contribution < -0.4 is 4.57 Å². The van der Waals surface area contributed by atoms with E-state index in [1.165, 1.54) is 60.4 Å². The van der Waals surface area contributed by atoms with Crippen molar-refractivity contribution in [3.63, 3.8) is 0 Å². The van der Waals surface area contributed by atoms with Gasteiger partial charge in [-0.3, -0.25) is 0 Å². The second kappa shape index (κ2) is 6.42. The van der Waals surface area contributed by atoms with Crippen molar-refractivity contribution in [3.8, 4) is 11.3 Å². The predicted molar refractivity (Wildman–Crippen MR) is 130 cm³/mol. The highest BCUT2D eigenvalue weighted by Gasteiger charge is 2.22. The summed E-state index contributed by atoms with van der Waals surface area (Å²) in [5.74, 6) is 0. The summed E-state index contributed by atoms with van der Waals surface area (Å²) in [4.78, 5) is 0. The molecule has 4 aromatic carbocycles. The molecule has 0 saturated heterocycles. The molecule has 0 atom stereocenters. The second-order valence-corrected chi connectivity index (χ2v) is 8.62. The summed E-state index contributed by atoms with van der Waals surface area (Å²) in [6.07, 6.45) is 0. The average molecular weight is 403 g/mol. The Bertz CT molecular complexity index is 1670. The first-order valence-corrected chi connectivity index (χ1v) is 10.8. The Hall–Kier alpha value is -3.65. The second-order valence-electron chi connectivity index (χ2n) is 8.62. The highest BCUT2D eigenvalue weighted by atomic mass is 16.3. The zero-order valence-corrected chi connectivity index (χ0v) is 18.3. The van der Waals surface area contributed by atoms with E-state index >= 15 is 0 Å². The predicted octanol–water partition coefficient (Wildman–Crippen LogP) is 7.31. The molecule has 150 valence electrons. The third kappa shape index (κ3) is 2.48. The molecule has 0 bridgehead atoms. The van der Waals surface area contributed by atoms with E-state index in [-0.39, 0.29) is 0 Å². The Morgan fingerprint density at radius 1 is 0.710 bits per heavy atom. The van der Waals surface area contributed by atoms with Crippen LogP contribution in [0.25, 0.3) is 54.9 Å². The van der Waals surface area contributed by atoms with E-state index in [1.807, 2.05) is 0 Å². The van der Waals surface area contributed by atoms with E-state index in [9.17, 15) is 0 Å². The van der Waals surface area contributed by atoms with Crippen molar-refractivity contribution < 1.29 is 8.98 Å². The van der Waals surface area contributed by atoms with Crippen LogP contribution in [0.2, 0.25) is 0 Å². The number of pyridine rings is 1. The molecule has 0 aliphatic heterocycles. The van der Waals surface area contributed by atoms with Crippen molar-refractivity contribution in [2.45, 2.75) is 20.8 Å². The van der Waals surface area contributed by atoms with E-state index in [0.717, 1.165) is 11.2 Å². The largest absolute Gasteiger partial charge is 0.456 e. The summed E-state index contributed by atoms with van der Waals surface area (Å²) in [6, 6.07) is 26.1. The molecule has 0 aliphatic rings. The normalized spacial score (nSPS) is 11.9. The topological polar surface area (TPSA) is 17.0 Å². The highest BCUT2D eigenvalue weighted by molar-refractivity contribution is 6.19. The number of rotatable bonds is 1. The molecule has 0 N–H and O–H groups in total. The van der Waals surface area contributed by atoms with Gasteiger partial charge in [0, 0.05) is 28.5 Å². The summed E-state index contributed by atoms with van der Waals surface area (Å²) >= 11 is 0. The SMILES string of the molecule is Cc1c(-c2cc(C)c3c(C)cccc3[n+]2C)ccc2c1oc1ccc3ccccc3c12. The zero-order valence-electron chi connectivity index (χ0n) is 18.3. The quantitative estimate of drug-likeness (QED) is 0.264. The number of aryl methyl sites for hydroxylation is 4. The molecular weight excluding hydrogens is 378 g/mol. The maximum absolute atomic E-state index is 6.42. The Balaban J connectivity index is 1.68. The van der Waals surface area contributed by atoms with Crippen LogP contribution in [0.4, 0.5) is 0 Å². The molecule has 31 heavy (non-hydrogen) atoms. The van der Waals surface area contributed by atoms with E-state index in [0.29, 0.717) is 0 Å². The van der Waals surface area contributed by atoms with Gasteiger partial charge in [0.05, 0.1) is 10.9 Å². The molecule has 0 aliphatic carbocycles.